The van der Waals surface area contributed by atoms with Crippen LogP contribution < -0.4 is 0 Å². The molecule has 7 heteroatoms. The van der Waals surface area contributed by atoms with Gasteiger partial charge in [-0.3, -0.25) is 0 Å². The summed E-state index contributed by atoms with van der Waals surface area (Å²) in [6.45, 7) is -0.135. The van der Waals surface area contributed by atoms with E-state index in [2.05, 4.69) is 31.9 Å². The molecular formula is C11H10Br2O5. The summed E-state index contributed by atoms with van der Waals surface area (Å²) in [4.78, 5) is 21.3. The van der Waals surface area contributed by atoms with E-state index < -0.39 is 15.2 Å². The van der Waals surface area contributed by atoms with Crippen molar-refractivity contribution in [3.05, 3.63) is 35.6 Å². The number of aliphatic carboxylic acids is 1. The highest BCUT2D eigenvalue weighted by Crippen LogP contribution is 2.37. The molecule has 1 aliphatic rings. The molecule has 0 aromatic heterocycles. The third-order valence-electron chi connectivity index (χ3n) is 2.01. The number of aliphatic hydroxyl groups excluding tert-OH is 1. The second-order valence-corrected chi connectivity index (χ2v) is 7.40. The average Bonchev–Trinajstić information content (AvgIpc) is 2.27. The number of hydrogen-bond donors (Lipinski definition) is 2. The summed E-state index contributed by atoms with van der Waals surface area (Å²) in [7, 11) is 0. The Morgan fingerprint density at radius 2 is 2.11 bits per heavy atom. The predicted molar refractivity (Wildman–Crippen MR) is 71.7 cm³/mol. The van der Waals surface area contributed by atoms with E-state index in [1.807, 2.05) is 0 Å². The number of carbonyl (C=O) groups excluding carboxylic acids is 1. The van der Waals surface area contributed by atoms with Crippen LogP contribution in [0.1, 0.15) is 6.42 Å². The lowest BCUT2D eigenvalue weighted by Gasteiger charge is -2.21. The van der Waals surface area contributed by atoms with Gasteiger partial charge in [-0.1, -0.05) is 31.9 Å². The molecule has 1 rings (SSSR count). The van der Waals surface area contributed by atoms with Gasteiger partial charge in [0.1, 0.15) is 15.6 Å². The number of aliphatic hydroxyl groups is 1. The van der Waals surface area contributed by atoms with Crippen molar-refractivity contribution in [3.63, 3.8) is 0 Å². The van der Waals surface area contributed by atoms with Crippen molar-refractivity contribution in [3.8, 4) is 0 Å². The molecule has 0 fully saturated rings. The van der Waals surface area contributed by atoms with Crippen LogP contribution in [0.25, 0.3) is 0 Å². The van der Waals surface area contributed by atoms with E-state index in [0.717, 1.165) is 6.08 Å². The van der Waals surface area contributed by atoms with Crippen LogP contribution in [-0.4, -0.2) is 32.0 Å². The molecule has 0 bridgehead atoms. The summed E-state index contributed by atoms with van der Waals surface area (Å²) in [5, 5.41) is 17.9. The molecular weight excluding hydrogens is 372 g/mol. The Kier molecular flexibility index (Phi) is 5.15. The molecule has 98 valence electrons. The Morgan fingerprint density at radius 3 is 2.72 bits per heavy atom. The molecule has 0 heterocycles. The highest BCUT2D eigenvalue weighted by Gasteiger charge is 2.25. The molecule has 5 nitrogen and oxygen atoms in total. The number of ether oxygens (including phenoxy) is 1. The summed E-state index contributed by atoms with van der Waals surface area (Å²) in [6, 6.07) is 0. The van der Waals surface area contributed by atoms with Crippen LogP contribution >= 0.6 is 31.9 Å². The molecule has 2 N–H and O–H groups in total. The SMILES string of the molecule is O=C(O)/C=C/C(=O)OCC1=CC(Br)(Br)CC=C1O. The molecule has 0 saturated carbocycles. The van der Waals surface area contributed by atoms with Gasteiger partial charge < -0.3 is 14.9 Å². The van der Waals surface area contributed by atoms with Crippen molar-refractivity contribution in [1.82, 2.24) is 0 Å². The van der Waals surface area contributed by atoms with Crippen LogP contribution in [0, 0.1) is 0 Å². The van der Waals surface area contributed by atoms with Crippen LogP contribution in [0.3, 0.4) is 0 Å². The van der Waals surface area contributed by atoms with E-state index in [4.69, 9.17) is 9.84 Å². The number of halogens is 2. The predicted octanol–water partition coefficient (Wildman–Crippen LogP) is 2.43. The zero-order chi connectivity index (χ0) is 13.8. The van der Waals surface area contributed by atoms with Crippen molar-refractivity contribution >= 4 is 43.8 Å². The monoisotopic (exact) mass is 380 g/mol. The molecule has 18 heavy (non-hydrogen) atoms. The minimum atomic E-state index is -1.23. The number of esters is 1. The van der Waals surface area contributed by atoms with Crippen molar-refractivity contribution in [1.29, 1.82) is 0 Å². The normalized spacial score (nSPS) is 18.1. The zero-order valence-electron chi connectivity index (χ0n) is 9.10. The van der Waals surface area contributed by atoms with E-state index in [1.54, 1.807) is 12.2 Å². The number of carbonyl (C=O) groups is 2. The smallest absolute Gasteiger partial charge is 0.331 e. The Bertz CT molecular complexity index is 448. The standard InChI is InChI=1S/C11H10Br2O5/c12-11(13)4-3-8(14)7(5-11)6-18-10(17)2-1-9(15)16/h1-3,5,14H,4,6H2,(H,15,16)/b2-1+. The maximum absolute atomic E-state index is 11.1. The van der Waals surface area contributed by atoms with Crippen molar-refractivity contribution in [2.75, 3.05) is 6.61 Å². The molecule has 1 aliphatic carbocycles. The van der Waals surface area contributed by atoms with Crippen molar-refractivity contribution < 1.29 is 24.5 Å². The van der Waals surface area contributed by atoms with Crippen molar-refractivity contribution in [2.24, 2.45) is 0 Å². The number of carboxylic acids is 1. The summed E-state index contributed by atoms with van der Waals surface area (Å²) < 4.78 is 4.33. The van der Waals surface area contributed by atoms with Gasteiger partial charge in [0.15, 0.2) is 0 Å². The van der Waals surface area contributed by atoms with E-state index in [1.165, 1.54) is 0 Å². The van der Waals surface area contributed by atoms with Gasteiger partial charge >= 0.3 is 11.9 Å². The van der Waals surface area contributed by atoms with Crippen molar-refractivity contribution in [2.45, 2.75) is 9.65 Å². The molecule has 0 aromatic rings. The number of alkyl halides is 2. The average molecular weight is 382 g/mol. The van der Waals surface area contributed by atoms with Gasteiger partial charge in [0, 0.05) is 17.7 Å². The van der Waals surface area contributed by atoms with Gasteiger partial charge in [0.2, 0.25) is 0 Å². The Labute approximate surface area is 120 Å². The first-order valence-electron chi connectivity index (χ1n) is 4.87. The van der Waals surface area contributed by atoms with Gasteiger partial charge in [-0.25, -0.2) is 9.59 Å². The fourth-order valence-electron chi connectivity index (χ4n) is 1.20. The number of rotatable bonds is 4. The summed E-state index contributed by atoms with van der Waals surface area (Å²) in [5.74, 6) is -1.97. The molecule has 0 amide bonds. The number of hydrogen-bond acceptors (Lipinski definition) is 4. The Morgan fingerprint density at radius 1 is 1.44 bits per heavy atom. The lowest BCUT2D eigenvalue weighted by atomic mass is 10.1. The molecule has 0 aromatic carbocycles. The van der Waals surface area contributed by atoms with Crippen LogP contribution in [-0.2, 0) is 14.3 Å². The lowest BCUT2D eigenvalue weighted by Crippen LogP contribution is -2.16. The summed E-state index contributed by atoms with van der Waals surface area (Å²) in [6.07, 6.45) is 5.31. The molecule has 0 spiro atoms. The van der Waals surface area contributed by atoms with Crippen LogP contribution in [0.15, 0.2) is 35.6 Å². The Hall–Kier alpha value is -1.08. The van der Waals surface area contributed by atoms with E-state index in [-0.39, 0.29) is 12.4 Å². The van der Waals surface area contributed by atoms with Crippen LogP contribution in [0.5, 0.6) is 0 Å². The highest BCUT2D eigenvalue weighted by atomic mass is 79.9. The third kappa shape index (κ3) is 5.05. The van der Waals surface area contributed by atoms with Gasteiger partial charge in [0.05, 0.1) is 0 Å². The first-order valence-corrected chi connectivity index (χ1v) is 6.45. The second kappa shape index (κ2) is 6.19. The maximum atomic E-state index is 11.1. The van der Waals surface area contributed by atoms with Gasteiger partial charge in [-0.15, -0.1) is 0 Å². The minimum Gasteiger partial charge on any atom is -0.508 e. The lowest BCUT2D eigenvalue weighted by molar-refractivity contribution is -0.137. The fraction of sp³-hybridized carbons (Fsp3) is 0.273. The Balaban J connectivity index is 2.58. The quantitative estimate of drug-likeness (QED) is 0.444. The zero-order valence-corrected chi connectivity index (χ0v) is 12.3. The van der Waals surface area contributed by atoms with Crippen LogP contribution in [0.2, 0.25) is 0 Å². The number of carboxylic acid groups (broad SMARTS) is 1. The first-order chi connectivity index (χ1) is 8.30. The minimum absolute atomic E-state index is 0.0412. The molecule has 0 atom stereocenters. The fourth-order valence-corrected chi connectivity index (χ4v) is 2.08. The summed E-state index contributed by atoms with van der Waals surface area (Å²) >= 11 is 6.74. The largest absolute Gasteiger partial charge is 0.508 e. The van der Waals surface area contributed by atoms with E-state index in [9.17, 15) is 14.7 Å². The first kappa shape index (κ1) is 15.0. The topological polar surface area (TPSA) is 83.8 Å². The summed E-state index contributed by atoms with van der Waals surface area (Å²) in [5.41, 5.74) is 0.437. The maximum Gasteiger partial charge on any atom is 0.331 e. The highest BCUT2D eigenvalue weighted by molar-refractivity contribution is 9.25. The van der Waals surface area contributed by atoms with E-state index >= 15 is 0 Å². The molecule has 0 aliphatic heterocycles. The number of allylic oxidation sites excluding steroid dienone is 2. The van der Waals surface area contributed by atoms with Crippen LogP contribution in [0.4, 0.5) is 0 Å². The van der Waals surface area contributed by atoms with E-state index in [0.29, 0.717) is 18.1 Å². The molecule has 0 radical (unpaired) electrons. The van der Waals surface area contributed by atoms with Gasteiger partial charge in [0.25, 0.3) is 0 Å². The molecule has 0 saturated heterocycles. The van der Waals surface area contributed by atoms with Gasteiger partial charge in [-0.2, -0.15) is 0 Å². The third-order valence-corrected chi connectivity index (χ3v) is 3.12. The second-order valence-electron chi connectivity index (χ2n) is 3.50. The molecule has 0 unspecified atom stereocenters. The van der Waals surface area contributed by atoms with Gasteiger partial charge in [-0.05, 0) is 18.6 Å².